The first-order valence-corrected chi connectivity index (χ1v) is 7.53. The average Bonchev–Trinajstić information content (AvgIpc) is 2.89. The Morgan fingerprint density at radius 1 is 1.00 bits per heavy atom. The Hall–Kier alpha value is -2.17. The van der Waals surface area contributed by atoms with E-state index in [9.17, 15) is 4.79 Å². The normalized spacial score (nSPS) is 18.4. The molecular formula is C18H20N2O2. The number of rotatable bonds is 6. The number of hydrogen-bond donors (Lipinski definition) is 1. The van der Waals surface area contributed by atoms with E-state index in [0.717, 1.165) is 5.56 Å². The number of carbonyl (C=O) groups is 1. The average molecular weight is 296 g/mol. The third-order valence-corrected chi connectivity index (χ3v) is 3.75. The molecule has 4 nitrogen and oxygen atoms in total. The third-order valence-electron chi connectivity index (χ3n) is 3.75. The highest BCUT2D eigenvalue weighted by atomic mass is 16.5. The van der Waals surface area contributed by atoms with E-state index >= 15 is 0 Å². The van der Waals surface area contributed by atoms with E-state index in [1.54, 1.807) is 0 Å². The quantitative estimate of drug-likeness (QED) is 0.890. The van der Waals surface area contributed by atoms with Crippen molar-refractivity contribution >= 4 is 5.91 Å². The number of hydrazine groups is 1. The molecule has 1 heterocycles. The molecule has 0 radical (unpaired) electrons. The smallest absolute Gasteiger partial charge is 0.236 e. The van der Waals surface area contributed by atoms with Gasteiger partial charge in [-0.1, -0.05) is 60.7 Å². The lowest BCUT2D eigenvalue weighted by Crippen LogP contribution is -2.39. The first-order valence-electron chi connectivity index (χ1n) is 7.53. The van der Waals surface area contributed by atoms with Crippen LogP contribution in [0.25, 0.3) is 0 Å². The molecule has 4 heteroatoms. The number of ether oxygens (including phenoxy) is 1. The van der Waals surface area contributed by atoms with Crippen molar-refractivity contribution < 1.29 is 9.53 Å². The molecule has 0 saturated carbocycles. The molecule has 22 heavy (non-hydrogen) atoms. The maximum atomic E-state index is 11.7. The van der Waals surface area contributed by atoms with Crippen molar-refractivity contribution in [2.75, 3.05) is 6.61 Å². The molecule has 0 aliphatic carbocycles. The second-order valence-corrected chi connectivity index (χ2v) is 5.51. The molecule has 2 aromatic carbocycles. The van der Waals surface area contributed by atoms with E-state index in [2.05, 4.69) is 17.6 Å². The van der Waals surface area contributed by atoms with Crippen LogP contribution >= 0.6 is 0 Å². The monoisotopic (exact) mass is 296 g/mol. The Morgan fingerprint density at radius 3 is 2.32 bits per heavy atom. The molecule has 1 saturated heterocycles. The summed E-state index contributed by atoms with van der Waals surface area (Å²) in [7, 11) is 0. The fourth-order valence-corrected chi connectivity index (χ4v) is 2.61. The molecule has 1 fully saturated rings. The zero-order chi connectivity index (χ0) is 15.2. The number of hydrogen-bond acceptors (Lipinski definition) is 3. The molecule has 0 aromatic heterocycles. The van der Waals surface area contributed by atoms with Gasteiger partial charge in [-0.15, -0.1) is 0 Å². The van der Waals surface area contributed by atoms with E-state index in [1.165, 1.54) is 5.56 Å². The molecule has 1 amide bonds. The molecular weight excluding hydrogens is 276 g/mol. The first-order chi connectivity index (χ1) is 10.8. The molecule has 1 atom stereocenters. The van der Waals surface area contributed by atoms with Crippen molar-refractivity contribution in [3.05, 3.63) is 71.8 Å². The topological polar surface area (TPSA) is 41.6 Å². The number of carbonyl (C=O) groups excluding carboxylic acids is 1. The molecule has 2 aromatic rings. The zero-order valence-electron chi connectivity index (χ0n) is 12.4. The van der Waals surface area contributed by atoms with Gasteiger partial charge in [0.05, 0.1) is 19.3 Å². The largest absolute Gasteiger partial charge is 0.375 e. The van der Waals surface area contributed by atoms with Crippen LogP contribution in [0.15, 0.2) is 60.7 Å². The summed E-state index contributed by atoms with van der Waals surface area (Å²) in [6.07, 6.45) is 0.488. The van der Waals surface area contributed by atoms with Gasteiger partial charge in [0.15, 0.2) is 0 Å². The van der Waals surface area contributed by atoms with Gasteiger partial charge in [0.1, 0.15) is 0 Å². The fraction of sp³-hybridized carbons (Fsp3) is 0.278. The standard InChI is InChI=1S/C18H20N2O2/c21-18-11-17(14-22-13-16-9-5-2-6-10-16)20(19-18)12-15-7-3-1-4-8-15/h1-10,17H,11-14H2,(H,19,21)/t17-/m1/s1. The summed E-state index contributed by atoms with van der Waals surface area (Å²) in [5, 5.41) is 1.97. The summed E-state index contributed by atoms with van der Waals surface area (Å²) in [4.78, 5) is 11.7. The lowest BCUT2D eigenvalue weighted by atomic mass is 10.2. The SMILES string of the molecule is O=C1C[C@H](COCc2ccccc2)N(Cc2ccccc2)N1. The summed E-state index contributed by atoms with van der Waals surface area (Å²) in [5.74, 6) is 0.0595. The van der Waals surface area contributed by atoms with Crippen LogP contribution in [0.5, 0.6) is 0 Å². The minimum atomic E-state index is 0.0595. The number of nitrogens with zero attached hydrogens (tertiary/aromatic N) is 1. The third kappa shape index (κ3) is 3.93. The Morgan fingerprint density at radius 2 is 1.64 bits per heavy atom. The van der Waals surface area contributed by atoms with Crippen LogP contribution in [-0.4, -0.2) is 23.6 Å². The minimum Gasteiger partial charge on any atom is -0.375 e. The lowest BCUT2D eigenvalue weighted by Gasteiger charge is -2.23. The van der Waals surface area contributed by atoms with Gasteiger partial charge in [0.25, 0.3) is 0 Å². The molecule has 114 valence electrons. The highest BCUT2D eigenvalue weighted by Crippen LogP contribution is 2.15. The fourth-order valence-electron chi connectivity index (χ4n) is 2.61. The van der Waals surface area contributed by atoms with Crippen LogP contribution in [0.3, 0.4) is 0 Å². The van der Waals surface area contributed by atoms with Crippen LogP contribution in [0.2, 0.25) is 0 Å². The zero-order valence-corrected chi connectivity index (χ0v) is 12.4. The van der Waals surface area contributed by atoms with Crippen LogP contribution < -0.4 is 5.43 Å². The Balaban J connectivity index is 1.53. The van der Waals surface area contributed by atoms with Crippen LogP contribution in [0.1, 0.15) is 17.5 Å². The highest BCUT2D eigenvalue weighted by Gasteiger charge is 2.30. The van der Waals surface area contributed by atoms with E-state index in [0.29, 0.717) is 26.2 Å². The second-order valence-electron chi connectivity index (χ2n) is 5.51. The summed E-state index contributed by atoms with van der Waals surface area (Å²) < 4.78 is 5.79. The van der Waals surface area contributed by atoms with Crippen molar-refractivity contribution in [3.8, 4) is 0 Å². The van der Waals surface area contributed by atoms with E-state index in [-0.39, 0.29) is 11.9 Å². The summed E-state index contributed by atoms with van der Waals surface area (Å²) in [6.45, 7) is 1.82. The van der Waals surface area contributed by atoms with Crippen molar-refractivity contribution in [1.29, 1.82) is 0 Å². The van der Waals surface area contributed by atoms with Gasteiger partial charge in [-0.3, -0.25) is 10.2 Å². The van der Waals surface area contributed by atoms with Crippen molar-refractivity contribution in [2.45, 2.75) is 25.6 Å². The molecule has 0 unspecified atom stereocenters. The van der Waals surface area contributed by atoms with Gasteiger partial charge in [-0.2, -0.15) is 0 Å². The first kappa shape index (κ1) is 14.8. The predicted octanol–water partition coefficient (Wildman–Crippen LogP) is 2.51. The van der Waals surface area contributed by atoms with Gasteiger partial charge < -0.3 is 4.74 Å². The van der Waals surface area contributed by atoms with Crippen LogP contribution in [-0.2, 0) is 22.7 Å². The molecule has 1 aliphatic heterocycles. The second kappa shape index (κ2) is 7.20. The number of nitrogens with one attached hydrogen (secondary N) is 1. The summed E-state index contributed by atoms with van der Waals surface area (Å²) in [6, 6.07) is 20.3. The Kier molecular flexibility index (Phi) is 4.83. The molecule has 1 N–H and O–H groups in total. The summed E-state index contributed by atoms with van der Waals surface area (Å²) in [5.41, 5.74) is 5.24. The summed E-state index contributed by atoms with van der Waals surface area (Å²) >= 11 is 0. The van der Waals surface area contributed by atoms with Gasteiger partial charge in [-0.05, 0) is 11.1 Å². The van der Waals surface area contributed by atoms with Gasteiger partial charge in [0.2, 0.25) is 5.91 Å². The molecule has 3 rings (SSSR count). The molecule has 1 aliphatic rings. The van der Waals surface area contributed by atoms with Crippen molar-refractivity contribution in [1.82, 2.24) is 10.4 Å². The van der Waals surface area contributed by atoms with E-state index < -0.39 is 0 Å². The predicted molar refractivity (Wildman–Crippen MR) is 84.6 cm³/mol. The maximum absolute atomic E-state index is 11.7. The van der Waals surface area contributed by atoms with Crippen LogP contribution in [0, 0.1) is 0 Å². The molecule has 0 spiro atoms. The molecule has 0 bridgehead atoms. The maximum Gasteiger partial charge on any atom is 0.236 e. The van der Waals surface area contributed by atoms with Gasteiger partial charge in [-0.25, -0.2) is 5.01 Å². The van der Waals surface area contributed by atoms with Crippen LogP contribution in [0.4, 0.5) is 0 Å². The number of benzene rings is 2. The Labute approximate surface area is 130 Å². The van der Waals surface area contributed by atoms with E-state index in [4.69, 9.17) is 4.74 Å². The lowest BCUT2D eigenvalue weighted by molar-refractivity contribution is -0.121. The van der Waals surface area contributed by atoms with Gasteiger partial charge in [0, 0.05) is 13.0 Å². The highest BCUT2D eigenvalue weighted by molar-refractivity contribution is 5.78. The van der Waals surface area contributed by atoms with Gasteiger partial charge >= 0.3 is 0 Å². The van der Waals surface area contributed by atoms with Crippen molar-refractivity contribution in [3.63, 3.8) is 0 Å². The number of amides is 1. The van der Waals surface area contributed by atoms with Crippen molar-refractivity contribution in [2.24, 2.45) is 0 Å². The minimum absolute atomic E-state index is 0.0595. The Bertz CT molecular complexity index is 601. The van der Waals surface area contributed by atoms with E-state index in [1.807, 2.05) is 53.5 Å².